The molecule has 1 fully saturated rings. The zero-order chi connectivity index (χ0) is 14.9. The number of carbonyl (C=O) groups is 3. The Morgan fingerprint density at radius 1 is 1.50 bits per heavy atom. The first-order valence-corrected chi connectivity index (χ1v) is 6.02. The van der Waals surface area contributed by atoms with Gasteiger partial charge in [-0.05, 0) is 12.5 Å². The standard InChI is InChI=1S/C12H15N5O3/c1-17-10(18)3-2-8(12(17)20)16-9-4-6(11(14)19)7(13)5-15-9/h4-5,8H,2-3,13H2,1H3,(H2,14,19)(H,15,16). The van der Waals surface area contributed by atoms with Crippen molar-refractivity contribution in [3.63, 3.8) is 0 Å². The van der Waals surface area contributed by atoms with Crippen molar-refractivity contribution in [1.29, 1.82) is 0 Å². The Morgan fingerprint density at radius 2 is 2.20 bits per heavy atom. The van der Waals surface area contributed by atoms with E-state index in [1.807, 2.05) is 0 Å². The monoisotopic (exact) mass is 277 g/mol. The van der Waals surface area contributed by atoms with E-state index >= 15 is 0 Å². The van der Waals surface area contributed by atoms with Gasteiger partial charge in [0.15, 0.2) is 0 Å². The topological polar surface area (TPSA) is 131 Å². The average Bonchev–Trinajstić information content (AvgIpc) is 2.41. The van der Waals surface area contributed by atoms with E-state index < -0.39 is 11.9 Å². The second-order valence-electron chi connectivity index (χ2n) is 4.55. The molecular weight excluding hydrogens is 262 g/mol. The number of nitrogen functional groups attached to an aromatic ring is 1. The largest absolute Gasteiger partial charge is 0.397 e. The number of pyridine rings is 1. The van der Waals surface area contributed by atoms with Crippen molar-refractivity contribution in [2.45, 2.75) is 18.9 Å². The van der Waals surface area contributed by atoms with Gasteiger partial charge < -0.3 is 16.8 Å². The predicted octanol–water partition coefficient (Wildman–Crippen LogP) is -0.678. The van der Waals surface area contributed by atoms with Crippen LogP contribution in [-0.2, 0) is 9.59 Å². The van der Waals surface area contributed by atoms with Crippen molar-refractivity contribution < 1.29 is 14.4 Å². The molecule has 0 bridgehead atoms. The molecule has 1 aromatic rings. The summed E-state index contributed by atoms with van der Waals surface area (Å²) in [7, 11) is 1.43. The second kappa shape index (κ2) is 5.16. The molecule has 1 saturated heterocycles. The van der Waals surface area contributed by atoms with Crippen LogP contribution in [0.5, 0.6) is 0 Å². The maximum absolute atomic E-state index is 11.9. The van der Waals surface area contributed by atoms with Gasteiger partial charge in [-0.2, -0.15) is 0 Å². The van der Waals surface area contributed by atoms with Crippen molar-refractivity contribution in [3.05, 3.63) is 17.8 Å². The first-order chi connectivity index (χ1) is 9.40. The highest BCUT2D eigenvalue weighted by atomic mass is 16.2. The van der Waals surface area contributed by atoms with Crippen molar-refractivity contribution in [2.75, 3.05) is 18.1 Å². The maximum Gasteiger partial charge on any atom is 0.251 e. The van der Waals surface area contributed by atoms with Gasteiger partial charge in [0.25, 0.3) is 11.8 Å². The lowest BCUT2D eigenvalue weighted by Gasteiger charge is -2.28. The minimum Gasteiger partial charge on any atom is -0.397 e. The Morgan fingerprint density at radius 3 is 2.85 bits per heavy atom. The first kappa shape index (κ1) is 13.8. The van der Waals surface area contributed by atoms with Crippen LogP contribution in [0.25, 0.3) is 0 Å². The summed E-state index contributed by atoms with van der Waals surface area (Å²) in [6.07, 6.45) is 1.95. The molecule has 8 nitrogen and oxygen atoms in total. The quantitative estimate of drug-likeness (QED) is 0.627. The van der Waals surface area contributed by atoms with E-state index in [1.54, 1.807) is 0 Å². The van der Waals surface area contributed by atoms with Gasteiger partial charge in [0, 0.05) is 13.5 Å². The molecule has 2 heterocycles. The number of nitrogens with one attached hydrogen (secondary N) is 1. The van der Waals surface area contributed by atoms with Crippen LogP contribution >= 0.6 is 0 Å². The molecule has 106 valence electrons. The highest BCUT2D eigenvalue weighted by molar-refractivity contribution is 6.01. The first-order valence-electron chi connectivity index (χ1n) is 6.02. The van der Waals surface area contributed by atoms with Crippen LogP contribution in [0.15, 0.2) is 12.3 Å². The number of amides is 3. The number of imide groups is 1. The number of hydrogen-bond acceptors (Lipinski definition) is 6. The Labute approximate surface area is 115 Å². The van der Waals surface area contributed by atoms with E-state index in [1.165, 1.54) is 19.3 Å². The number of aromatic nitrogens is 1. The second-order valence-corrected chi connectivity index (χ2v) is 4.55. The van der Waals surface area contributed by atoms with Crippen molar-refractivity contribution in [1.82, 2.24) is 9.88 Å². The fourth-order valence-electron chi connectivity index (χ4n) is 1.99. The molecule has 1 aliphatic heterocycles. The summed E-state index contributed by atoms with van der Waals surface area (Å²) in [6, 6.07) is 0.830. The Balaban J connectivity index is 2.18. The summed E-state index contributed by atoms with van der Waals surface area (Å²) in [4.78, 5) is 39.6. The van der Waals surface area contributed by atoms with Crippen molar-refractivity contribution in [3.8, 4) is 0 Å². The number of nitrogens with two attached hydrogens (primary N) is 2. The van der Waals surface area contributed by atoms with Gasteiger partial charge in [-0.3, -0.25) is 19.3 Å². The molecule has 20 heavy (non-hydrogen) atoms. The smallest absolute Gasteiger partial charge is 0.251 e. The molecular formula is C12H15N5O3. The summed E-state index contributed by atoms with van der Waals surface area (Å²) in [5.74, 6) is -0.902. The molecule has 1 atom stereocenters. The van der Waals surface area contributed by atoms with Gasteiger partial charge in [-0.15, -0.1) is 0 Å². The molecule has 5 N–H and O–H groups in total. The fraction of sp³-hybridized carbons (Fsp3) is 0.333. The van der Waals surface area contributed by atoms with Crippen LogP contribution in [0.3, 0.4) is 0 Å². The molecule has 2 rings (SSSR count). The number of hydrogen-bond donors (Lipinski definition) is 3. The summed E-state index contributed by atoms with van der Waals surface area (Å²) in [5.41, 5.74) is 11.1. The van der Waals surface area contributed by atoms with E-state index in [2.05, 4.69) is 10.3 Å². The van der Waals surface area contributed by atoms with E-state index in [0.717, 1.165) is 4.90 Å². The zero-order valence-corrected chi connectivity index (χ0v) is 10.9. The van der Waals surface area contributed by atoms with Crippen LogP contribution in [-0.4, -0.2) is 40.7 Å². The van der Waals surface area contributed by atoms with Crippen LogP contribution in [0.4, 0.5) is 11.5 Å². The van der Waals surface area contributed by atoms with Crippen LogP contribution in [0.1, 0.15) is 23.2 Å². The molecule has 0 radical (unpaired) electrons. The number of nitrogens with zero attached hydrogens (tertiary/aromatic N) is 2. The Bertz CT molecular complexity index is 586. The fourth-order valence-corrected chi connectivity index (χ4v) is 1.99. The number of likely N-dealkylation sites (N-methyl/N-ethyl adjacent to an activating group) is 1. The lowest BCUT2D eigenvalue weighted by atomic mass is 10.0. The van der Waals surface area contributed by atoms with Gasteiger partial charge in [-0.25, -0.2) is 4.98 Å². The third kappa shape index (κ3) is 2.53. The van der Waals surface area contributed by atoms with Crippen LogP contribution < -0.4 is 16.8 Å². The number of anilines is 2. The van der Waals surface area contributed by atoms with Crippen molar-refractivity contribution >= 4 is 29.2 Å². The number of primary amides is 1. The molecule has 8 heteroatoms. The summed E-state index contributed by atoms with van der Waals surface area (Å²) in [6.45, 7) is 0. The molecule has 0 aliphatic carbocycles. The molecule has 0 saturated carbocycles. The van der Waals surface area contributed by atoms with Gasteiger partial charge in [-0.1, -0.05) is 0 Å². The highest BCUT2D eigenvalue weighted by Crippen LogP contribution is 2.19. The number of likely N-dealkylation sites (tertiary alicyclic amines) is 1. The molecule has 0 spiro atoms. The maximum atomic E-state index is 11.9. The lowest BCUT2D eigenvalue weighted by molar-refractivity contribution is -0.146. The van der Waals surface area contributed by atoms with E-state index in [-0.39, 0.29) is 29.5 Å². The molecule has 1 aliphatic rings. The van der Waals surface area contributed by atoms with Crippen LogP contribution in [0.2, 0.25) is 0 Å². The molecule has 1 unspecified atom stereocenters. The number of piperidine rings is 1. The number of carbonyl (C=O) groups excluding carboxylic acids is 3. The molecule has 0 aromatic carbocycles. The number of rotatable bonds is 3. The van der Waals surface area contributed by atoms with E-state index in [4.69, 9.17) is 11.5 Å². The minimum atomic E-state index is -0.671. The van der Waals surface area contributed by atoms with Gasteiger partial charge in [0.05, 0.1) is 17.4 Å². The minimum absolute atomic E-state index is 0.134. The summed E-state index contributed by atoms with van der Waals surface area (Å²) >= 11 is 0. The zero-order valence-electron chi connectivity index (χ0n) is 10.9. The molecule has 3 amide bonds. The predicted molar refractivity (Wildman–Crippen MR) is 71.6 cm³/mol. The van der Waals surface area contributed by atoms with Gasteiger partial charge >= 0.3 is 0 Å². The third-order valence-electron chi connectivity index (χ3n) is 3.17. The van der Waals surface area contributed by atoms with E-state index in [0.29, 0.717) is 12.2 Å². The van der Waals surface area contributed by atoms with Crippen LogP contribution in [0, 0.1) is 0 Å². The lowest BCUT2D eigenvalue weighted by Crippen LogP contribution is -2.48. The SMILES string of the molecule is CN1C(=O)CCC(Nc2cc(C(N)=O)c(N)cn2)C1=O. The normalized spacial score (nSPS) is 19.1. The van der Waals surface area contributed by atoms with Crippen molar-refractivity contribution in [2.24, 2.45) is 5.73 Å². The summed E-state index contributed by atoms with van der Waals surface area (Å²) in [5, 5.41) is 2.89. The average molecular weight is 277 g/mol. The van der Waals surface area contributed by atoms with E-state index in [9.17, 15) is 14.4 Å². The Hall–Kier alpha value is -2.64. The summed E-state index contributed by atoms with van der Waals surface area (Å²) < 4.78 is 0. The third-order valence-corrected chi connectivity index (χ3v) is 3.17. The molecule has 1 aromatic heterocycles. The Kier molecular flexibility index (Phi) is 3.55. The highest BCUT2D eigenvalue weighted by Gasteiger charge is 2.31. The van der Waals surface area contributed by atoms with Gasteiger partial charge in [0.1, 0.15) is 11.9 Å². The van der Waals surface area contributed by atoms with Gasteiger partial charge in [0.2, 0.25) is 5.91 Å².